The number of benzene rings is 1. The molecule has 0 amide bonds. The van der Waals surface area contributed by atoms with E-state index in [-0.39, 0.29) is 0 Å². The number of pyridine rings is 1. The summed E-state index contributed by atoms with van der Waals surface area (Å²) < 4.78 is 2.16. The smallest absolute Gasteiger partial charge is 0.169 e. The van der Waals surface area contributed by atoms with Crippen LogP contribution in [0.4, 0.5) is 5.69 Å². The van der Waals surface area contributed by atoms with Crippen LogP contribution in [-0.4, -0.2) is 13.6 Å². The Morgan fingerprint density at radius 1 is 0.900 bits per heavy atom. The Labute approximate surface area is 122 Å². The third-order valence-electron chi connectivity index (χ3n) is 3.56. The van der Waals surface area contributed by atoms with Gasteiger partial charge >= 0.3 is 0 Å². The van der Waals surface area contributed by atoms with E-state index in [1.54, 1.807) is 0 Å². The largest absolute Gasteiger partial charge is 0.375 e. The lowest BCUT2D eigenvalue weighted by molar-refractivity contribution is -0.693. The van der Waals surface area contributed by atoms with E-state index < -0.39 is 0 Å². The lowest BCUT2D eigenvalue weighted by Gasteiger charge is -2.16. The minimum Gasteiger partial charge on any atom is -0.375 e. The quantitative estimate of drug-likeness (QED) is 0.751. The summed E-state index contributed by atoms with van der Waals surface area (Å²) in [4.78, 5) is 2.23. The van der Waals surface area contributed by atoms with Gasteiger partial charge in [-0.3, -0.25) is 0 Å². The van der Waals surface area contributed by atoms with E-state index in [0.29, 0.717) is 0 Å². The standard InChI is InChI=1S/C18H23N2/c1-4-19(3)18-10-8-16(9-11-18)6-7-17-12-14-20(5-2)15-13-17/h6-15H,4-5H2,1-3H3/q+1. The third kappa shape index (κ3) is 3.70. The van der Waals surface area contributed by atoms with Crippen LogP contribution in [0.1, 0.15) is 25.0 Å². The minimum absolute atomic E-state index is 1.01. The molecule has 20 heavy (non-hydrogen) atoms. The van der Waals surface area contributed by atoms with Crippen LogP contribution in [0.25, 0.3) is 12.2 Å². The molecule has 0 spiro atoms. The number of anilines is 1. The van der Waals surface area contributed by atoms with Crippen LogP contribution in [0, 0.1) is 0 Å². The topological polar surface area (TPSA) is 7.12 Å². The van der Waals surface area contributed by atoms with Crippen molar-refractivity contribution >= 4 is 17.8 Å². The van der Waals surface area contributed by atoms with Gasteiger partial charge in [0.25, 0.3) is 0 Å². The van der Waals surface area contributed by atoms with Gasteiger partial charge in [0, 0.05) is 31.4 Å². The molecule has 2 heteroatoms. The average Bonchev–Trinajstić information content (AvgIpc) is 2.53. The molecule has 1 heterocycles. The molecule has 2 rings (SSSR count). The first-order valence-electron chi connectivity index (χ1n) is 7.21. The van der Waals surface area contributed by atoms with Crippen LogP contribution in [0.15, 0.2) is 48.8 Å². The summed E-state index contributed by atoms with van der Waals surface area (Å²) in [5.74, 6) is 0. The molecule has 0 N–H and O–H groups in total. The van der Waals surface area contributed by atoms with E-state index in [2.05, 4.69) is 91.3 Å². The molecule has 1 aromatic heterocycles. The summed E-state index contributed by atoms with van der Waals surface area (Å²) in [5, 5.41) is 0. The molecule has 0 saturated carbocycles. The maximum atomic E-state index is 2.23. The molecular formula is C18H23N2+. The van der Waals surface area contributed by atoms with Crippen molar-refractivity contribution < 1.29 is 4.57 Å². The zero-order valence-electron chi connectivity index (χ0n) is 12.6. The van der Waals surface area contributed by atoms with Gasteiger partial charge in [0.15, 0.2) is 12.4 Å². The average molecular weight is 267 g/mol. The van der Waals surface area contributed by atoms with E-state index >= 15 is 0 Å². The molecule has 0 radical (unpaired) electrons. The minimum atomic E-state index is 1.01. The van der Waals surface area contributed by atoms with Crippen molar-refractivity contribution in [3.63, 3.8) is 0 Å². The number of aromatic nitrogens is 1. The highest BCUT2D eigenvalue weighted by atomic mass is 15.1. The van der Waals surface area contributed by atoms with Crippen molar-refractivity contribution in [2.45, 2.75) is 20.4 Å². The van der Waals surface area contributed by atoms with Crippen LogP contribution < -0.4 is 9.47 Å². The molecule has 0 atom stereocenters. The summed E-state index contributed by atoms with van der Waals surface area (Å²) in [6.45, 7) is 6.34. The van der Waals surface area contributed by atoms with Crippen LogP contribution >= 0.6 is 0 Å². The van der Waals surface area contributed by atoms with Gasteiger partial charge in [-0.15, -0.1) is 0 Å². The highest BCUT2D eigenvalue weighted by Crippen LogP contribution is 2.15. The molecular weight excluding hydrogens is 244 g/mol. The molecule has 0 aliphatic carbocycles. The molecule has 0 aliphatic heterocycles. The molecule has 104 valence electrons. The third-order valence-corrected chi connectivity index (χ3v) is 3.56. The number of hydrogen-bond acceptors (Lipinski definition) is 1. The van der Waals surface area contributed by atoms with Gasteiger partial charge < -0.3 is 4.90 Å². The zero-order chi connectivity index (χ0) is 14.4. The summed E-state index contributed by atoms with van der Waals surface area (Å²) in [6, 6.07) is 12.9. The Morgan fingerprint density at radius 2 is 1.45 bits per heavy atom. The molecule has 0 unspecified atom stereocenters. The van der Waals surface area contributed by atoms with Gasteiger partial charge in [-0.25, -0.2) is 4.57 Å². The summed E-state index contributed by atoms with van der Waals surface area (Å²) in [7, 11) is 2.11. The second-order valence-electron chi connectivity index (χ2n) is 4.90. The Hall–Kier alpha value is -2.09. The van der Waals surface area contributed by atoms with Crippen LogP contribution in [0.3, 0.4) is 0 Å². The predicted molar refractivity (Wildman–Crippen MR) is 86.6 cm³/mol. The van der Waals surface area contributed by atoms with Crippen molar-refractivity contribution in [2.24, 2.45) is 0 Å². The Kier molecular flexibility index (Phi) is 4.94. The maximum Gasteiger partial charge on any atom is 0.169 e. The number of nitrogens with zero attached hydrogens (tertiary/aromatic N) is 2. The van der Waals surface area contributed by atoms with Gasteiger partial charge in [0.2, 0.25) is 0 Å². The Balaban J connectivity index is 2.06. The van der Waals surface area contributed by atoms with Crippen LogP contribution in [0.5, 0.6) is 0 Å². The first-order valence-corrected chi connectivity index (χ1v) is 7.21. The molecule has 0 aliphatic rings. The molecule has 0 saturated heterocycles. The Morgan fingerprint density at radius 3 is 1.95 bits per heavy atom. The monoisotopic (exact) mass is 267 g/mol. The highest BCUT2D eigenvalue weighted by molar-refractivity contribution is 5.70. The predicted octanol–water partition coefficient (Wildman–Crippen LogP) is 3.62. The Bertz CT molecular complexity index is 553. The first-order chi connectivity index (χ1) is 9.72. The summed E-state index contributed by atoms with van der Waals surface area (Å²) in [5.41, 5.74) is 3.71. The second-order valence-corrected chi connectivity index (χ2v) is 4.90. The highest BCUT2D eigenvalue weighted by Gasteiger charge is 1.97. The molecule has 1 aromatic carbocycles. The van der Waals surface area contributed by atoms with Gasteiger partial charge in [0.05, 0.1) is 0 Å². The summed E-state index contributed by atoms with van der Waals surface area (Å²) in [6.07, 6.45) is 8.53. The maximum absolute atomic E-state index is 2.23. The van der Waals surface area contributed by atoms with Crippen LogP contribution in [-0.2, 0) is 6.54 Å². The number of rotatable bonds is 5. The van der Waals surface area contributed by atoms with E-state index in [0.717, 1.165) is 13.1 Å². The van der Waals surface area contributed by atoms with Crippen molar-refractivity contribution in [1.29, 1.82) is 0 Å². The SMILES string of the molecule is CCN(C)c1ccc(C=Cc2cc[n+](CC)cc2)cc1. The molecule has 2 nitrogen and oxygen atoms in total. The van der Waals surface area contributed by atoms with Crippen LogP contribution in [0.2, 0.25) is 0 Å². The summed E-state index contributed by atoms with van der Waals surface area (Å²) >= 11 is 0. The van der Waals surface area contributed by atoms with E-state index in [4.69, 9.17) is 0 Å². The lowest BCUT2D eigenvalue weighted by Crippen LogP contribution is -2.30. The lowest BCUT2D eigenvalue weighted by atomic mass is 10.1. The van der Waals surface area contributed by atoms with E-state index in [1.807, 2.05) is 0 Å². The molecule has 2 aromatic rings. The molecule has 0 bridgehead atoms. The van der Waals surface area contributed by atoms with Gasteiger partial charge in [0.1, 0.15) is 6.54 Å². The van der Waals surface area contributed by atoms with E-state index in [1.165, 1.54) is 16.8 Å². The number of aryl methyl sites for hydroxylation is 1. The van der Waals surface area contributed by atoms with Crippen molar-refractivity contribution in [3.05, 3.63) is 59.9 Å². The normalized spacial score (nSPS) is 10.9. The van der Waals surface area contributed by atoms with Crippen molar-refractivity contribution in [1.82, 2.24) is 0 Å². The van der Waals surface area contributed by atoms with Gasteiger partial charge in [-0.1, -0.05) is 24.3 Å². The fourth-order valence-corrected chi connectivity index (χ4v) is 2.01. The van der Waals surface area contributed by atoms with Gasteiger partial charge in [-0.05, 0) is 37.1 Å². The van der Waals surface area contributed by atoms with Crippen molar-refractivity contribution in [2.75, 3.05) is 18.5 Å². The van der Waals surface area contributed by atoms with Gasteiger partial charge in [-0.2, -0.15) is 0 Å². The fourth-order valence-electron chi connectivity index (χ4n) is 2.01. The number of hydrogen-bond donors (Lipinski definition) is 0. The molecule has 0 fully saturated rings. The van der Waals surface area contributed by atoms with E-state index in [9.17, 15) is 0 Å². The second kappa shape index (κ2) is 6.90. The first kappa shape index (κ1) is 14.3. The van der Waals surface area contributed by atoms with Crippen molar-refractivity contribution in [3.8, 4) is 0 Å². The fraction of sp³-hybridized carbons (Fsp3) is 0.278. The zero-order valence-corrected chi connectivity index (χ0v) is 12.6.